The summed E-state index contributed by atoms with van der Waals surface area (Å²) >= 11 is 1.90. The molecule has 0 N–H and O–H groups in total. The largest absolute Gasteiger partial charge is 0.456 e. The maximum Gasteiger partial charge on any atom is 0.252 e. The molecule has 9 aromatic carbocycles. The number of furan rings is 1. The highest BCUT2D eigenvalue weighted by Crippen LogP contribution is 2.54. The van der Waals surface area contributed by atoms with Gasteiger partial charge >= 0.3 is 0 Å². The van der Waals surface area contributed by atoms with Crippen molar-refractivity contribution in [1.29, 1.82) is 0 Å². The van der Waals surface area contributed by atoms with Crippen LogP contribution in [0.5, 0.6) is 0 Å². The minimum atomic E-state index is -0.160. The number of hydrogen-bond acceptors (Lipinski definition) is 4. The standard InChI is InChI=1S/C58H45BN2OS/c1-57(2,3)40-28-26-34-16-7-9-18-36(34)53(40)60-44-22-15-23-45-52(44)59(42-30-32-47-50(55(42)60)38-20-11-13-24-46(38)62-47)43-31-33-49-51(39-21-12-14-25-48(39)63-49)56(43)61(45)54-37-19-10-8-17-35(37)27-29-41(54)58(4,5)6/h7-33H,1-6H3. The van der Waals surface area contributed by atoms with Crippen molar-refractivity contribution in [2.45, 2.75) is 52.4 Å². The van der Waals surface area contributed by atoms with E-state index in [0.717, 1.165) is 21.9 Å². The van der Waals surface area contributed by atoms with Crippen LogP contribution >= 0.6 is 11.3 Å². The molecule has 11 aromatic rings. The molecule has 0 fully saturated rings. The van der Waals surface area contributed by atoms with Crippen LogP contribution in [0.2, 0.25) is 0 Å². The molecule has 0 saturated heterocycles. The van der Waals surface area contributed by atoms with Crippen molar-refractivity contribution in [1.82, 2.24) is 0 Å². The predicted molar refractivity (Wildman–Crippen MR) is 273 cm³/mol. The molecule has 2 aromatic heterocycles. The number of hydrogen-bond donors (Lipinski definition) is 0. The van der Waals surface area contributed by atoms with Crippen LogP contribution in [0.1, 0.15) is 52.7 Å². The molecule has 13 rings (SSSR count). The van der Waals surface area contributed by atoms with E-state index < -0.39 is 0 Å². The third kappa shape index (κ3) is 5.09. The molecule has 0 amide bonds. The van der Waals surface area contributed by atoms with E-state index in [-0.39, 0.29) is 17.5 Å². The van der Waals surface area contributed by atoms with Crippen LogP contribution in [0.3, 0.4) is 0 Å². The molecule has 0 saturated carbocycles. The number of rotatable bonds is 2. The van der Waals surface area contributed by atoms with E-state index in [1.54, 1.807) is 0 Å². The van der Waals surface area contributed by atoms with Crippen molar-refractivity contribution in [3.63, 3.8) is 0 Å². The number of thiophene rings is 1. The zero-order valence-corrected chi connectivity index (χ0v) is 37.2. The summed E-state index contributed by atoms with van der Waals surface area (Å²) in [4.78, 5) is 5.34. The molecular weight excluding hydrogens is 784 g/mol. The van der Waals surface area contributed by atoms with Gasteiger partial charge in [0.2, 0.25) is 0 Å². The van der Waals surface area contributed by atoms with Gasteiger partial charge in [-0.05, 0) is 85.5 Å². The van der Waals surface area contributed by atoms with Gasteiger partial charge < -0.3 is 14.2 Å². The van der Waals surface area contributed by atoms with Crippen molar-refractivity contribution in [2.75, 3.05) is 9.80 Å². The first-order valence-corrected chi connectivity index (χ1v) is 23.0. The maximum absolute atomic E-state index is 6.77. The summed E-state index contributed by atoms with van der Waals surface area (Å²) in [5.74, 6) is 0. The van der Waals surface area contributed by atoms with Gasteiger partial charge in [0.15, 0.2) is 0 Å². The van der Waals surface area contributed by atoms with E-state index in [2.05, 4.69) is 215 Å². The molecule has 63 heavy (non-hydrogen) atoms. The second kappa shape index (κ2) is 12.9. The number of para-hydroxylation sites is 1. The van der Waals surface area contributed by atoms with E-state index in [9.17, 15) is 0 Å². The van der Waals surface area contributed by atoms with E-state index in [1.807, 2.05) is 11.3 Å². The van der Waals surface area contributed by atoms with Crippen LogP contribution in [0.4, 0.5) is 34.1 Å². The molecular formula is C58H45BN2OS. The fourth-order valence-electron chi connectivity index (χ4n) is 11.2. The van der Waals surface area contributed by atoms with E-state index in [4.69, 9.17) is 4.42 Å². The molecule has 302 valence electrons. The van der Waals surface area contributed by atoms with Gasteiger partial charge in [0.25, 0.3) is 6.71 Å². The van der Waals surface area contributed by atoms with Crippen LogP contribution < -0.4 is 26.2 Å². The lowest BCUT2D eigenvalue weighted by atomic mass is 9.33. The van der Waals surface area contributed by atoms with Crippen LogP contribution in [-0.4, -0.2) is 6.71 Å². The lowest BCUT2D eigenvalue weighted by molar-refractivity contribution is 0.591. The summed E-state index contributed by atoms with van der Waals surface area (Å²) in [5.41, 5.74) is 15.4. The Balaban J connectivity index is 1.26. The second-order valence-electron chi connectivity index (χ2n) is 19.6. The monoisotopic (exact) mass is 828 g/mol. The summed E-state index contributed by atoms with van der Waals surface area (Å²) in [6, 6.07) is 61.5. The first kappa shape index (κ1) is 36.8. The fraction of sp³-hybridized carbons (Fsp3) is 0.138. The molecule has 0 bridgehead atoms. The molecule has 2 aliphatic heterocycles. The Hall–Kier alpha value is -6.82. The van der Waals surface area contributed by atoms with Gasteiger partial charge in [0.05, 0.1) is 28.1 Å². The van der Waals surface area contributed by atoms with E-state index in [0.29, 0.717) is 0 Å². The predicted octanol–water partition coefficient (Wildman–Crippen LogP) is 14.9. The molecule has 3 nitrogen and oxygen atoms in total. The number of anilines is 6. The molecule has 5 heteroatoms. The second-order valence-corrected chi connectivity index (χ2v) is 20.7. The molecule has 4 heterocycles. The Bertz CT molecular complexity index is 3510. The average molecular weight is 829 g/mol. The zero-order chi connectivity index (χ0) is 42.5. The summed E-state index contributed by atoms with van der Waals surface area (Å²) in [6.07, 6.45) is 0. The van der Waals surface area contributed by atoms with Gasteiger partial charge in [-0.15, -0.1) is 11.3 Å². The highest BCUT2D eigenvalue weighted by molar-refractivity contribution is 7.26. The molecule has 0 aliphatic carbocycles. The smallest absolute Gasteiger partial charge is 0.252 e. The van der Waals surface area contributed by atoms with Gasteiger partial charge in [-0.25, -0.2) is 0 Å². The normalized spacial score (nSPS) is 13.8. The van der Waals surface area contributed by atoms with Gasteiger partial charge in [-0.2, -0.15) is 0 Å². The third-order valence-electron chi connectivity index (χ3n) is 13.9. The Kier molecular flexibility index (Phi) is 7.52. The third-order valence-corrected chi connectivity index (χ3v) is 15.0. The Morgan fingerprint density at radius 1 is 0.413 bits per heavy atom. The van der Waals surface area contributed by atoms with Crippen LogP contribution in [0, 0.1) is 0 Å². The van der Waals surface area contributed by atoms with Gasteiger partial charge in [0, 0.05) is 47.7 Å². The topological polar surface area (TPSA) is 19.6 Å². The average Bonchev–Trinajstić information content (AvgIpc) is 3.86. The Morgan fingerprint density at radius 3 is 1.56 bits per heavy atom. The van der Waals surface area contributed by atoms with Crippen molar-refractivity contribution in [2.24, 2.45) is 0 Å². The first-order valence-electron chi connectivity index (χ1n) is 22.2. The van der Waals surface area contributed by atoms with Crippen LogP contribution in [-0.2, 0) is 10.8 Å². The molecule has 0 unspecified atom stereocenters. The number of fused-ring (bicyclic) bond motifs is 14. The molecule has 0 spiro atoms. The minimum absolute atomic E-state index is 0.0593. The minimum Gasteiger partial charge on any atom is -0.456 e. The quantitative estimate of drug-likeness (QED) is 0.162. The van der Waals surface area contributed by atoms with Gasteiger partial charge in [-0.3, -0.25) is 0 Å². The van der Waals surface area contributed by atoms with E-state index >= 15 is 0 Å². The van der Waals surface area contributed by atoms with Crippen molar-refractivity contribution >= 4 is 132 Å². The maximum atomic E-state index is 6.77. The lowest BCUT2D eigenvalue weighted by Gasteiger charge is -2.46. The van der Waals surface area contributed by atoms with Crippen LogP contribution in [0.25, 0.3) is 63.7 Å². The lowest BCUT2D eigenvalue weighted by Crippen LogP contribution is -2.61. The SMILES string of the molecule is CC(C)(C)c1ccc2ccccc2c1N1c2cccc3c2B(c2ccc4oc5ccccc5c4c21)c1ccc2sc4ccccc4c2c1N3c1c(C(C)(C)C)ccc2ccccc12. The highest BCUT2D eigenvalue weighted by Gasteiger charge is 2.46. The summed E-state index contributed by atoms with van der Waals surface area (Å²) < 4.78 is 9.38. The van der Waals surface area contributed by atoms with Crippen molar-refractivity contribution in [3.05, 3.63) is 175 Å². The van der Waals surface area contributed by atoms with E-state index in [1.165, 1.54) is 103 Å². The first-order chi connectivity index (χ1) is 30.6. The van der Waals surface area contributed by atoms with Gasteiger partial charge in [-0.1, -0.05) is 169 Å². The summed E-state index contributed by atoms with van der Waals surface area (Å²) in [7, 11) is 0. The Morgan fingerprint density at radius 2 is 0.937 bits per heavy atom. The highest BCUT2D eigenvalue weighted by atomic mass is 32.1. The number of nitrogens with zero attached hydrogens (tertiary/aromatic N) is 2. The van der Waals surface area contributed by atoms with Crippen molar-refractivity contribution in [3.8, 4) is 0 Å². The molecule has 2 aliphatic rings. The molecule has 0 radical (unpaired) electrons. The summed E-state index contributed by atoms with van der Waals surface area (Å²) in [5, 5.41) is 9.87. The fourth-order valence-corrected chi connectivity index (χ4v) is 12.3. The van der Waals surface area contributed by atoms with Gasteiger partial charge in [0.1, 0.15) is 11.2 Å². The van der Waals surface area contributed by atoms with Crippen molar-refractivity contribution < 1.29 is 4.42 Å². The molecule has 0 atom stereocenters. The summed E-state index contributed by atoms with van der Waals surface area (Å²) in [6.45, 7) is 14.1. The van der Waals surface area contributed by atoms with Crippen LogP contribution in [0.15, 0.2) is 168 Å². The number of benzene rings is 9. The zero-order valence-electron chi connectivity index (χ0n) is 36.4. The Labute approximate surface area is 371 Å².